The highest BCUT2D eigenvalue weighted by molar-refractivity contribution is 7.80. The molecule has 0 radical (unpaired) electrons. The Morgan fingerprint density at radius 2 is 2.33 bits per heavy atom. The molecule has 82 valence electrons. The van der Waals surface area contributed by atoms with Gasteiger partial charge < -0.3 is 10.6 Å². The van der Waals surface area contributed by atoms with Crippen LogP contribution in [-0.2, 0) is 0 Å². The fraction of sp³-hybridized carbons (Fsp3) is 0.500. The van der Waals surface area contributed by atoms with Crippen LogP contribution in [0.25, 0.3) is 0 Å². The van der Waals surface area contributed by atoms with Gasteiger partial charge in [0.25, 0.3) is 0 Å². The molecule has 1 rings (SSSR count). The first kappa shape index (κ1) is 11.8. The average molecular weight is 224 g/mol. The van der Waals surface area contributed by atoms with Crippen molar-refractivity contribution in [3.05, 3.63) is 18.6 Å². The van der Waals surface area contributed by atoms with Gasteiger partial charge in [0.1, 0.15) is 12.1 Å². The molecule has 0 saturated carbocycles. The molecule has 0 fully saturated rings. The fourth-order valence-electron chi connectivity index (χ4n) is 1.32. The molecular weight excluding hydrogens is 208 g/mol. The minimum Gasteiger partial charge on any atom is -0.393 e. The third-order valence-electron chi connectivity index (χ3n) is 2.08. The third-order valence-corrected chi connectivity index (χ3v) is 2.29. The SMILES string of the molecule is CC(C)N(CCC(N)=S)c1ccncn1. The fourth-order valence-corrected chi connectivity index (χ4v) is 1.41. The second-order valence-corrected chi connectivity index (χ2v) is 4.10. The summed E-state index contributed by atoms with van der Waals surface area (Å²) >= 11 is 4.87. The van der Waals surface area contributed by atoms with Gasteiger partial charge in [0.05, 0.1) is 4.99 Å². The summed E-state index contributed by atoms with van der Waals surface area (Å²) in [5.41, 5.74) is 5.49. The minimum atomic E-state index is 0.370. The molecule has 0 aliphatic heterocycles. The lowest BCUT2D eigenvalue weighted by Crippen LogP contribution is -2.34. The number of rotatable bonds is 5. The minimum absolute atomic E-state index is 0.370. The Balaban J connectivity index is 2.70. The molecule has 1 heterocycles. The molecule has 0 aliphatic carbocycles. The molecule has 0 unspecified atom stereocenters. The van der Waals surface area contributed by atoms with Crippen LogP contribution in [0.2, 0.25) is 0 Å². The Morgan fingerprint density at radius 1 is 1.60 bits per heavy atom. The summed E-state index contributed by atoms with van der Waals surface area (Å²) in [6.07, 6.45) is 3.99. The number of hydrogen-bond acceptors (Lipinski definition) is 4. The van der Waals surface area contributed by atoms with Gasteiger partial charge >= 0.3 is 0 Å². The third kappa shape index (κ3) is 3.79. The Morgan fingerprint density at radius 3 is 2.80 bits per heavy atom. The van der Waals surface area contributed by atoms with Gasteiger partial charge in [-0.2, -0.15) is 0 Å². The number of thiocarbonyl (C=S) groups is 1. The Kier molecular flexibility index (Phi) is 4.42. The standard InChI is InChI=1S/C10H16N4S/c1-8(2)14(6-4-9(11)15)10-3-5-12-7-13-10/h3,5,7-8H,4,6H2,1-2H3,(H2,11,15). The number of nitrogens with two attached hydrogens (primary N) is 1. The quantitative estimate of drug-likeness (QED) is 0.765. The van der Waals surface area contributed by atoms with Crippen LogP contribution in [0.3, 0.4) is 0 Å². The summed E-state index contributed by atoms with van der Waals surface area (Å²) in [6, 6.07) is 2.26. The Labute approximate surface area is 95.5 Å². The zero-order valence-corrected chi connectivity index (χ0v) is 9.87. The van der Waals surface area contributed by atoms with Crippen molar-refractivity contribution in [2.45, 2.75) is 26.3 Å². The van der Waals surface area contributed by atoms with E-state index in [9.17, 15) is 0 Å². The molecule has 5 heteroatoms. The van der Waals surface area contributed by atoms with Crippen molar-refractivity contribution in [3.8, 4) is 0 Å². The topological polar surface area (TPSA) is 55.0 Å². The maximum Gasteiger partial charge on any atom is 0.132 e. The van der Waals surface area contributed by atoms with Gasteiger partial charge in [-0.1, -0.05) is 12.2 Å². The molecule has 0 aromatic carbocycles. The average Bonchev–Trinajstić information content (AvgIpc) is 2.18. The second-order valence-electron chi connectivity index (χ2n) is 3.57. The normalized spacial score (nSPS) is 10.3. The molecule has 1 aromatic heterocycles. The molecule has 0 amide bonds. The van der Waals surface area contributed by atoms with Gasteiger partial charge in [0, 0.05) is 25.2 Å². The number of hydrogen-bond donors (Lipinski definition) is 1. The molecule has 2 N–H and O–H groups in total. The lowest BCUT2D eigenvalue weighted by molar-refractivity contribution is 0.680. The second kappa shape index (κ2) is 5.60. The highest BCUT2D eigenvalue weighted by Gasteiger charge is 2.11. The van der Waals surface area contributed by atoms with Gasteiger partial charge in [-0.3, -0.25) is 0 Å². The number of anilines is 1. The van der Waals surface area contributed by atoms with Gasteiger partial charge in [0.15, 0.2) is 0 Å². The Hall–Kier alpha value is -1.23. The molecule has 0 saturated heterocycles. The van der Waals surface area contributed by atoms with Crippen molar-refractivity contribution in [2.24, 2.45) is 5.73 Å². The number of nitrogens with zero attached hydrogens (tertiary/aromatic N) is 3. The van der Waals surface area contributed by atoms with Crippen molar-refractivity contribution in [1.82, 2.24) is 9.97 Å². The summed E-state index contributed by atoms with van der Waals surface area (Å²) < 4.78 is 0. The van der Waals surface area contributed by atoms with E-state index in [-0.39, 0.29) is 0 Å². The summed E-state index contributed by atoms with van der Waals surface area (Å²) in [7, 11) is 0. The summed E-state index contributed by atoms with van der Waals surface area (Å²) in [5, 5.41) is 0. The van der Waals surface area contributed by atoms with Crippen LogP contribution < -0.4 is 10.6 Å². The Bertz CT molecular complexity index is 312. The monoisotopic (exact) mass is 224 g/mol. The van der Waals surface area contributed by atoms with Gasteiger partial charge in [0.2, 0.25) is 0 Å². The first-order chi connectivity index (χ1) is 7.11. The molecule has 1 aromatic rings. The van der Waals surface area contributed by atoms with Crippen LogP contribution in [0.4, 0.5) is 5.82 Å². The molecule has 15 heavy (non-hydrogen) atoms. The van der Waals surface area contributed by atoms with Gasteiger partial charge in [-0.25, -0.2) is 9.97 Å². The maximum atomic E-state index is 5.49. The van der Waals surface area contributed by atoms with Crippen LogP contribution in [0.1, 0.15) is 20.3 Å². The molecule has 0 bridgehead atoms. The molecule has 0 atom stereocenters. The van der Waals surface area contributed by atoms with Crippen molar-refractivity contribution >= 4 is 23.0 Å². The van der Waals surface area contributed by atoms with E-state index in [1.54, 1.807) is 12.5 Å². The van der Waals surface area contributed by atoms with Crippen LogP contribution in [0, 0.1) is 0 Å². The highest BCUT2D eigenvalue weighted by Crippen LogP contribution is 2.12. The van der Waals surface area contributed by atoms with E-state index >= 15 is 0 Å². The zero-order chi connectivity index (χ0) is 11.3. The van der Waals surface area contributed by atoms with E-state index in [4.69, 9.17) is 18.0 Å². The largest absolute Gasteiger partial charge is 0.393 e. The molecule has 4 nitrogen and oxygen atoms in total. The van der Waals surface area contributed by atoms with E-state index in [1.807, 2.05) is 6.07 Å². The zero-order valence-electron chi connectivity index (χ0n) is 9.05. The van der Waals surface area contributed by atoms with Crippen LogP contribution in [0.5, 0.6) is 0 Å². The first-order valence-corrected chi connectivity index (χ1v) is 5.33. The van der Waals surface area contributed by atoms with E-state index in [0.717, 1.165) is 12.4 Å². The smallest absolute Gasteiger partial charge is 0.132 e. The van der Waals surface area contributed by atoms with Crippen LogP contribution in [0.15, 0.2) is 18.6 Å². The summed E-state index contributed by atoms with van der Waals surface area (Å²) in [4.78, 5) is 10.8. The lowest BCUT2D eigenvalue weighted by atomic mass is 10.3. The predicted molar refractivity (Wildman–Crippen MR) is 65.9 cm³/mol. The number of aromatic nitrogens is 2. The van der Waals surface area contributed by atoms with Gasteiger partial charge in [-0.05, 0) is 19.9 Å². The van der Waals surface area contributed by atoms with E-state index in [1.165, 1.54) is 0 Å². The van der Waals surface area contributed by atoms with Crippen molar-refractivity contribution in [1.29, 1.82) is 0 Å². The van der Waals surface area contributed by atoms with Crippen LogP contribution >= 0.6 is 12.2 Å². The lowest BCUT2D eigenvalue weighted by Gasteiger charge is -2.27. The van der Waals surface area contributed by atoms with Crippen molar-refractivity contribution in [3.63, 3.8) is 0 Å². The predicted octanol–water partition coefficient (Wildman–Crippen LogP) is 1.37. The van der Waals surface area contributed by atoms with E-state index in [0.29, 0.717) is 17.5 Å². The van der Waals surface area contributed by atoms with Crippen molar-refractivity contribution in [2.75, 3.05) is 11.4 Å². The summed E-state index contributed by atoms with van der Waals surface area (Å²) in [6.45, 7) is 5.02. The van der Waals surface area contributed by atoms with E-state index < -0.39 is 0 Å². The maximum absolute atomic E-state index is 5.49. The van der Waals surface area contributed by atoms with Gasteiger partial charge in [-0.15, -0.1) is 0 Å². The summed E-state index contributed by atoms with van der Waals surface area (Å²) in [5.74, 6) is 0.913. The van der Waals surface area contributed by atoms with Crippen molar-refractivity contribution < 1.29 is 0 Å². The first-order valence-electron chi connectivity index (χ1n) is 4.92. The molecule has 0 spiro atoms. The van der Waals surface area contributed by atoms with Crippen LogP contribution in [-0.4, -0.2) is 27.5 Å². The van der Waals surface area contributed by atoms with E-state index in [2.05, 4.69) is 28.7 Å². The molecular formula is C10H16N4S. The highest BCUT2D eigenvalue weighted by atomic mass is 32.1. The molecule has 0 aliphatic rings.